The zero-order valence-electron chi connectivity index (χ0n) is 20.7. The molecule has 0 aliphatic heterocycles. The van der Waals surface area contributed by atoms with Crippen molar-refractivity contribution in [2.24, 2.45) is 0 Å². The summed E-state index contributed by atoms with van der Waals surface area (Å²) in [7, 11) is 0. The molecule has 180 valence electrons. The van der Waals surface area contributed by atoms with Gasteiger partial charge in [0.25, 0.3) is 0 Å². The number of H-pyrrole nitrogens is 1. The van der Waals surface area contributed by atoms with Crippen LogP contribution in [0.2, 0.25) is 0 Å². The Morgan fingerprint density at radius 2 is 1.83 bits per heavy atom. The molecule has 7 nitrogen and oxygen atoms in total. The number of rotatable bonds is 6. The van der Waals surface area contributed by atoms with Crippen molar-refractivity contribution in [2.45, 2.75) is 53.0 Å². The van der Waals surface area contributed by atoms with Crippen LogP contribution in [-0.4, -0.2) is 25.6 Å². The lowest BCUT2D eigenvalue weighted by Crippen LogP contribution is -2.12. The molecule has 0 saturated heterocycles. The lowest BCUT2D eigenvalue weighted by molar-refractivity contribution is 0.689. The number of nitrogens with two attached hydrogens (primary N) is 1. The molecule has 0 amide bonds. The highest BCUT2D eigenvalue weighted by Crippen LogP contribution is 2.37. The van der Waals surface area contributed by atoms with Gasteiger partial charge < -0.3 is 21.4 Å². The standard InChI is InChI=1S/C26H27N7.C2H6/c1-15(27)23-24-19-5-3-4-6-20(19)25(33-21(24)13-32-26(23)28)18-9-7-17(8-10-18)16(2)31-14-22-29-11-12-30-22;1-2/h7-13,27,31H,2-6,14H2,1H3,(H2,28,32)(H,29,30);1-2H3. The number of nitrogen functional groups attached to an aromatic ring is 1. The van der Waals surface area contributed by atoms with Crippen molar-refractivity contribution in [2.75, 3.05) is 5.73 Å². The normalized spacial score (nSPS) is 12.4. The molecule has 3 heterocycles. The highest BCUT2D eigenvalue weighted by molar-refractivity contribution is 6.12. The van der Waals surface area contributed by atoms with E-state index in [-0.39, 0.29) is 0 Å². The van der Waals surface area contributed by atoms with Crippen molar-refractivity contribution < 1.29 is 0 Å². The van der Waals surface area contributed by atoms with Crippen LogP contribution in [0.3, 0.4) is 0 Å². The van der Waals surface area contributed by atoms with Gasteiger partial charge in [0.1, 0.15) is 11.6 Å². The summed E-state index contributed by atoms with van der Waals surface area (Å²) in [6.07, 6.45) is 9.50. The number of anilines is 1. The van der Waals surface area contributed by atoms with Crippen molar-refractivity contribution in [3.8, 4) is 11.3 Å². The molecule has 0 atom stereocenters. The Bertz CT molecular complexity index is 1350. The van der Waals surface area contributed by atoms with Crippen LogP contribution in [0, 0.1) is 5.41 Å². The van der Waals surface area contributed by atoms with Gasteiger partial charge in [0.2, 0.25) is 0 Å². The molecule has 0 radical (unpaired) electrons. The third-order valence-electron chi connectivity index (χ3n) is 6.28. The third-order valence-corrected chi connectivity index (χ3v) is 6.28. The molecular formula is C28H33N7. The first-order valence-electron chi connectivity index (χ1n) is 12.2. The van der Waals surface area contributed by atoms with Gasteiger partial charge in [-0.1, -0.05) is 44.7 Å². The minimum absolute atomic E-state index is 0.405. The number of imidazole rings is 1. The summed E-state index contributed by atoms with van der Waals surface area (Å²) in [6, 6.07) is 8.35. The van der Waals surface area contributed by atoms with E-state index in [9.17, 15) is 0 Å². The van der Waals surface area contributed by atoms with Gasteiger partial charge in [0.15, 0.2) is 0 Å². The Kier molecular flexibility index (Phi) is 7.25. The summed E-state index contributed by atoms with van der Waals surface area (Å²) < 4.78 is 0. The van der Waals surface area contributed by atoms with Crippen LogP contribution < -0.4 is 11.1 Å². The van der Waals surface area contributed by atoms with Crippen molar-refractivity contribution in [3.05, 3.63) is 77.5 Å². The van der Waals surface area contributed by atoms with Crippen LogP contribution in [-0.2, 0) is 19.4 Å². The van der Waals surface area contributed by atoms with Crippen LogP contribution in [0.4, 0.5) is 5.82 Å². The van der Waals surface area contributed by atoms with Crippen molar-refractivity contribution in [3.63, 3.8) is 0 Å². The fourth-order valence-corrected chi connectivity index (χ4v) is 4.67. The summed E-state index contributed by atoms with van der Waals surface area (Å²) in [4.78, 5) is 16.7. The highest BCUT2D eigenvalue weighted by Gasteiger charge is 2.23. The van der Waals surface area contributed by atoms with E-state index in [2.05, 4.69) is 51.1 Å². The number of nitrogens with one attached hydrogen (secondary N) is 3. The van der Waals surface area contributed by atoms with E-state index >= 15 is 0 Å². The second-order valence-electron chi connectivity index (χ2n) is 8.47. The van der Waals surface area contributed by atoms with Crippen LogP contribution in [0.15, 0.2) is 49.4 Å². The van der Waals surface area contributed by atoms with Gasteiger partial charge in [-0.15, -0.1) is 0 Å². The molecule has 0 unspecified atom stereocenters. The summed E-state index contributed by atoms with van der Waals surface area (Å²) in [6.45, 7) is 10.5. The lowest BCUT2D eigenvalue weighted by atomic mass is 9.84. The molecule has 5 N–H and O–H groups in total. The van der Waals surface area contributed by atoms with E-state index in [1.54, 1.807) is 19.3 Å². The lowest BCUT2D eigenvalue weighted by Gasteiger charge is -2.23. The Morgan fingerprint density at radius 1 is 1.11 bits per heavy atom. The molecule has 0 saturated carbocycles. The van der Waals surface area contributed by atoms with Crippen LogP contribution in [0.1, 0.15) is 61.7 Å². The molecular weight excluding hydrogens is 434 g/mol. The summed E-state index contributed by atoms with van der Waals surface area (Å²) >= 11 is 0. The summed E-state index contributed by atoms with van der Waals surface area (Å²) in [5.41, 5.74) is 14.6. The number of aromatic nitrogens is 4. The molecule has 1 aliphatic rings. The first kappa shape index (κ1) is 24.1. The third kappa shape index (κ3) is 4.80. The van der Waals surface area contributed by atoms with Gasteiger partial charge in [-0.3, -0.25) is 0 Å². The maximum absolute atomic E-state index is 8.27. The smallest absolute Gasteiger partial charge is 0.133 e. The predicted octanol–water partition coefficient (Wildman–Crippen LogP) is 5.66. The average Bonchev–Trinajstić information content (AvgIpc) is 3.42. The van der Waals surface area contributed by atoms with Crippen LogP contribution in [0.25, 0.3) is 27.9 Å². The molecule has 1 aromatic carbocycles. The van der Waals surface area contributed by atoms with Gasteiger partial charge in [0, 0.05) is 40.3 Å². The number of benzene rings is 1. The Labute approximate surface area is 206 Å². The fourth-order valence-electron chi connectivity index (χ4n) is 4.67. The van der Waals surface area contributed by atoms with E-state index in [0.29, 0.717) is 18.1 Å². The molecule has 0 spiro atoms. The molecule has 3 aromatic heterocycles. The second-order valence-corrected chi connectivity index (χ2v) is 8.47. The topological polar surface area (TPSA) is 116 Å². The van der Waals surface area contributed by atoms with E-state index in [4.69, 9.17) is 16.1 Å². The van der Waals surface area contributed by atoms with Gasteiger partial charge in [-0.2, -0.15) is 0 Å². The quantitative estimate of drug-likeness (QED) is 0.273. The first-order valence-corrected chi connectivity index (χ1v) is 12.2. The van der Waals surface area contributed by atoms with Crippen molar-refractivity contribution >= 4 is 28.1 Å². The Morgan fingerprint density at radius 3 is 2.49 bits per heavy atom. The number of nitrogens with zero attached hydrogens (tertiary/aromatic N) is 3. The fraction of sp³-hybridized carbons (Fsp3) is 0.286. The maximum Gasteiger partial charge on any atom is 0.133 e. The van der Waals surface area contributed by atoms with Crippen LogP contribution >= 0.6 is 0 Å². The minimum Gasteiger partial charge on any atom is -0.383 e. The van der Waals surface area contributed by atoms with E-state index in [0.717, 1.165) is 70.5 Å². The number of hydrogen-bond donors (Lipinski definition) is 4. The zero-order chi connectivity index (χ0) is 24.9. The SMILES string of the molecule is C=C(NCc1ncc[nH]1)c1ccc(-c2nc3cnc(N)c(C(C)=N)c3c3c2CCCC3)cc1.CC. The minimum atomic E-state index is 0.405. The largest absolute Gasteiger partial charge is 0.383 e. The van der Waals surface area contributed by atoms with Gasteiger partial charge in [0.05, 0.1) is 24.0 Å². The number of pyridine rings is 2. The number of hydrogen-bond acceptors (Lipinski definition) is 6. The van der Waals surface area contributed by atoms with E-state index in [1.165, 1.54) is 11.1 Å². The Balaban J connectivity index is 0.00000141. The van der Waals surface area contributed by atoms with E-state index in [1.807, 2.05) is 20.0 Å². The van der Waals surface area contributed by atoms with Gasteiger partial charge >= 0.3 is 0 Å². The highest BCUT2D eigenvalue weighted by atomic mass is 15.0. The second kappa shape index (κ2) is 10.5. The molecule has 0 fully saturated rings. The average molecular weight is 468 g/mol. The first-order chi connectivity index (χ1) is 17.0. The summed E-state index contributed by atoms with van der Waals surface area (Å²) in [5.74, 6) is 1.27. The van der Waals surface area contributed by atoms with Crippen LogP contribution in [0.5, 0.6) is 0 Å². The van der Waals surface area contributed by atoms with Gasteiger partial charge in [-0.05, 0) is 49.3 Å². The molecule has 35 heavy (non-hydrogen) atoms. The predicted molar refractivity (Wildman–Crippen MR) is 144 cm³/mol. The monoisotopic (exact) mass is 467 g/mol. The molecule has 1 aliphatic carbocycles. The number of aryl methyl sites for hydroxylation is 1. The van der Waals surface area contributed by atoms with E-state index < -0.39 is 0 Å². The maximum atomic E-state index is 8.27. The molecule has 4 aromatic rings. The number of aromatic amines is 1. The van der Waals surface area contributed by atoms with Crippen molar-refractivity contribution in [1.29, 1.82) is 5.41 Å². The number of fused-ring (bicyclic) bond motifs is 3. The van der Waals surface area contributed by atoms with Crippen molar-refractivity contribution in [1.82, 2.24) is 25.3 Å². The molecule has 5 rings (SSSR count). The van der Waals surface area contributed by atoms with Gasteiger partial charge in [-0.25, -0.2) is 15.0 Å². The zero-order valence-corrected chi connectivity index (χ0v) is 20.7. The summed E-state index contributed by atoms with van der Waals surface area (Å²) in [5, 5.41) is 12.6. The Hall–Kier alpha value is -4.00. The molecule has 7 heteroatoms. The molecule has 0 bridgehead atoms.